The van der Waals surface area contributed by atoms with Crippen molar-refractivity contribution in [2.75, 3.05) is 12.3 Å². The maximum atomic E-state index is 13.7. The van der Waals surface area contributed by atoms with Gasteiger partial charge in [0.1, 0.15) is 6.04 Å². The standard InChI is InChI=1S/C29H31Cl3N2O2S/c1-20(2)16-33-29(36)27(15-21-8-4-3-5-9-21)34(17-22-10-6-11-23(30)14-22)28(35)19-37-18-24-25(31)12-7-13-26(24)32/h3-14,20,27H,15-19H2,1-2H3,(H,33,36)/t27-/m1/s1. The van der Waals surface area contributed by atoms with E-state index in [0.717, 1.165) is 16.7 Å². The predicted molar refractivity (Wildman–Crippen MR) is 156 cm³/mol. The monoisotopic (exact) mass is 576 g/mol. The largest absolute Gasteiger partial charge is 0.354 e. The van der Waals surface area contributed by atoms with Gasteiger partial charge in [-0.1, -0.05) is 97.2 Å². The minimum Gasteiger partial charge on any atom is -0.354 e. The molecule has 0 spiro atoms. The highest BCUT2D eigenvalue weighted by atomic mass is 35.5. The number of benzene rings is 3. The molecule has 0 aromatic heterocycles. The van der Waals surface area contributed by atoms with Gasteiger partial charge in [-0.05, 0) is 46.9 Å². The average molecular weight is 578 g/mol. The minimum atomic E-state index is -0.683. The zero-order chi connectivity index (χ0) is 26.8. The van der Waals surface area contributed by atoms with Crippen molar-refractivity contribution >= 4 is 58.4 Å². The first kappa shape index (κ1) is 29.4. The van der Waals surface area contributed by atoms with Crippen LogP contribution in [-0.2, 0) is 28.3 Å². The predicted octanol–water partition coefficient (Wildman–Crippen LogP) is 7.29. The van der Waals surface area contributed by atoms with Crippen molar-refractivity contribution in [2.24, 2.45) is 5.92 Å². The molecule has 3 rings (SSSR count). The van der Waals surface area contributed by atoms with Crippen LogP contribution in [0.1, 0.15) is 30.5 Å². The molecule has 0 aliphatic heterocycles. The molecule has 37 heavy (non-hydrogen) atoms. The number of rotatable bonds is 12. The summed E-state index contributed by atoms with van der Waals surface area (Å²) in [7, 11) is 0. The van der Waals surface area contributed by atoms with Gasteiger partial charge in [-0.3, -0.25) is 9.59 Å². The van der Waals surface area contributed by atoms with Crippen LogP contribution in [0.3, 0.4) is 0 Å². The van der Waals surface area contributed by atoms with Crippen molar-refractivity contribution in [2.45, 2.75) is 38.6 Å². The van der Waals surface area contributed by atoms with Gasteiger partial charge < -0.3 is 10.2 Å². The summed E-state index contributed by atoms with van der Waals surface area (Å²) < 4.78 is 0. The van der Waals surface area contributed by atoms with Crippen LogP contribution >= 0.6 is 46.6 Å². The Hall–Kier alpha value is -2.18. The molecule has 3 aromatic carbocycles. The second-order valence-electron chi connectivity index (χ2n) is 9.19. The number of nitrogens with zero attached hydrogens (tertiary/aromatic N) is 1. The zero-order valence-corrected chi connectivity index (χ0v) is 24.0. The molecule has 0 saturated carbocycles. The quantitative estimate of drug-likeness (QED) is 0.246. The van der Waals surface area contributed by atoms with Crippen LogP contribution in [0.5, 0.6) is 0 Å². The highest BCUT2D eigenvalue weighted by molar-refractivity contribution is 7.99. The van der Waals surface area contributed by atoms with Crippen LogP contribution in [0.4, 0.5) is 0 Å². The van der Waals surface area contributed by atoms with Gasteiger partial charge in [-0.2, -0.15) is 0 Å². The van der Waals surface area contributed by atoms with E-state index in [2.05, 4.69) is 5.32 Å². The summed E-state index contributed by atoms with van der Waals surface area (Å²) in [5.41, 5.74) is 2.63. The Balaban J connectivity index is 1.86. The summed E-state index contributed by atoms with van der Waals surface area (Å²) in [5, 5.41) is 4.75. The van der Waals surface area contributed by atoms with Gasteiger partial charge in [0, 0.05) is 40.3 Å². The number of nitrogens with one attached hydrogen (secondary N) is 1. The highest BCUT2D eigenvalue weighted by Gasteiger charge is 2.30. The molecule has 0 heterocycles. The number of carbonyl (C=O) groups is 2. The molecule has 196 valence electrons. The van der Waals surface area contributed by atoms with Crippen molar-refractivity contribution in [3.05, 3.63) is 105 Å². The van der Waals surface area contributed by atoms with Crippen LogP contribution in [-0.4, -0.2) is 35.1 Å². The second kappa shape index (κ2) is 14.7. The lowest BCUT2D eigenvalue weighted by molar-refractivity contribution is -0.139. The van der Waals surface area contributed by atoms with Crippen molar-refractivity contribution in [1.29, 1.82) is 0 Å². The summed E-state index contributed by atoms with van der Waals surface area (Å²) in [4.78, 5) is 28.8. The molecule has 0 fully saturated rings. The lowest BCUT2D eigenvalue weighted by Gasteiger charge is -2.32. The summed E-state index contributed by atoms with van der Waals surface area (Å²) >= 11 is 20.3. The van der Waals surface area contributed by atoms with Gasteiger partial charge in [0.25, 0.3) is 0 Å². The molecule has 0 aliphatic carbocycles. The molecule has 3 aromatic rings. The average Bonchev–Trinajstić information content (AvgIpc) is 2.87. The first-order valence-corrected chi connectivity index (χ1v) is 14.4. The maximum Gasteiger partial charge on any atom is 0.243 e. The SMILES string of the molecule is CC(C)CNC(=O)[C@@H](Cc1ccccc1)N(Cc1cccc(Cl)c1)C(=O)CSCc1c(Cl)cccc1Cl. The number of halogens is 3. The van der Waals surface area contributed by atoms with Gasteiger partial charge in [0.05, 0.1) is 5.75 Å². The van der Waals surface area contributed by atoms with Crippen LogP contribution in [0, 0.1) is 5.92 Å². The normalized spacial score (nSPS) is 11.8. The van der Waals surface area contributed by atoms with E-state index in [4.69, 9.17) is 34.8 Å². The molecule has 0 radical (unpaired) electrons. The lowest BCUT2D eigenvalue weighted by Crippen LogP contribution is -2.51. The van der Waals surface area contributed by atoms with Crippen molar-refractivity contribution in [3.63, 3.8) is 0 Å². The van der Waals surface area contributed by atoms with E-state index in [-0.39, 0.29) is 30.0 Å². The molecule has 4 nitrogen and oxygen atoms in total. The van der Waals surface area contributed by atoms with E-state index in [9.17, 15) is 9.59 Å². The van der Waals surface area contributed by atoms with Gasteiger partial charge in [0.15, 0.2) is 0 Å². The van der Waals surface area contributed by atoms with Crippen LogP contribution in [0.2, 0.25) is 15.1 Å². The van der Waals surface area contributed by atoms with Crippen molar-refractivity contribution in [1.82, 2.24) is 10.2 Å². The number of hydrogen-bond acceptors (Lipinski definition) is 3. The molecule has 8 heteroatoms. The third-order valence-corrected chi connectivity index (χ3v) is 7.62. The van der Waals surface area contributed by atoms with E-state index in [0.29, 0.717) is 33.8 Å². The molecular weight excluding hydrogens is 547 g/mol. The van der Waals surface area contributed by atoms with E-state index < -0.39 is 6.04 Å². The van der Waals surface area contributed by atoms with E-state index in [1.807, 2.05) is 62.4 Å². The Bertz CT molecular complexity index is 1170. The molecule has 1 atom stereocenters. The van der Waals surface area contributed by atoms with Crippen LogP contribution < -0.4 is 5.32 Å². The van der Waals surface area contributed by atoms with Crippen molar-refractivity contribution in [3.8, 4) is 0 Å². The Morgan fingerprint density at radius 2 is 1.54 bits per heavy atom. The maximum absolute atomic E-state index is 13.7. The summed E-state index contributed by atoms with van der Waals surface area (Å²) in [5.74, 6) is 0.624. The summed E-state index contributed by atoms with van der Waals surface area (Å²) in [6.45, 7) is 4.87. The van der Waals surface area contributed by atoms with E-state index >= 15 is 0 Å². The highest BCUT2D eigenvalue weighted by Crippen LogP contribution is 2.28. The number of carbonyl (C=O) groups excluding carboxylic acids is 2. The number of thioether (sulfide) groups is 1. The second-order valence-corrected chi connectivity index (χ2v) is 11.4. The fourth-order valence-electron chi connectivity index (χ4n) is 3.80. The Kier molecular flexibility index (Phi) is 11.7. The van der Waals surface area contributed by atoms with Crippen molar-refractivity contribution < 1.29 is 9.59 Å². The molecule has 0 bridgehead atoms. The van der Waals surface area contributed by atoms with Gasteiger partial charge in [-0.25, -0.2) is 0 Å². The molecular formula is C29H31Cl3N2O2S. The molecule has 1 N–H and O–H groups in total. The first-order valence-electron chi connectivity index (χ1n) is 12.1. The summed E-state index contributed by atoms with van der Waals surface area (Å²) in [6, 6.07) is 21.8. The third-order valence-electron chi connectivity index (χ3n) is 5.73. The molecule has 0 unspecified atom stereocenters. The topological polar surface area (TPSA) is 49.4 Å². The van der Waals surface area contributed by atoms with Crippen LogP contribution in [0.25, 0.3) is 0 Å². The lowest BCUT2D eigenvalue weighted by atomic mass is 10.0. The third kappa shape index (κ3) is 9.26. The minimum absolute atomic E-state index is 0.145. The number of amides is 2. The van der Waals surface area contributed by atoms with Gasteiger partial charge in [-0.15, -0.1) is 11.8 Å². The van der Waals surface area contributed by atoms with Gasteiger partial charge in [0.2, 0.25) is 11.8 Å². The van der Waals surface area contributed by atoms with Crippen LogP contribution in [0.15, 0.2) is 72.8 Å². The van der Waals surface area contributed by atoms with E-state index in [1.165, 1.54) is 11.8 Å². The van der Waals surface area contributed by atoms with Gasteiger partial charge >= 0.3 is 0 Å². The molecule has 2 amide bonds. The van der Waals surface area contributed by atoms with E-state index in [1.54, 1.807) is 29.2 Å². The molecule has 0 saturated heterocycles. The Labute approximate surface area is 238 Å². The fraction of sp³-hybridized carbons (Fsp3) is 0.310. The zero-order valence-electron chi connectivity index (χ0n) is 20.9. The summed E-state index contributed by atoms with van der Waals surface area (Å²) in [6.07, 6.45) is 0.401. The fourth-order valence-corrected chi connectivity index (χ4v) is 5.66. The Morgan fingerprint density at radius 1 is 0.892 bits per heavy atom. The molecule has 0 aliphatic rings. The smallest absolute Gasteiger partial charge is 0.243 e. The number of hydrogen-bond donors (Lipinski definition) is 1. The first-order chi connectivity index (χ1) is 17.7. The Morgan fingerprint density at radius 3 is 2.19 bits per heavy atom.